The van der Waals surface area contributed by atoms with Gasteiger partial charge in [-0.15, -0.1) is 0 Å². The molecule has 6 heteroatoms. The van der Waals surface area contributed by atoms with Crippen LogP contribution < -0.4 is 15.1 Å². The monoisotopic (exact) mass is 387 g/mol. The summed E-state index contributed by atoms with van der Waals surface area (Å²) >= 11 is 5.86. The van der Waals surface area contributed by atoms with Crippen LogP contribution in [0.25, 0.3) is 0 Å². The maximum absolute atomic E-state index is 12.4. The van der Waals surface area contributed by atoms with Crippen molar-refractivity contribution in [1.29, 1.82) is 0 Å². The van der Waals surface area contributed by atoms with Crippen molar-refractivity contribution in [2.45, 2.75) is 33.3 Å². The van der Waals surface area contributed by atoms with Crippen molar-refractivity contribution in [2.24, 2.45) is 5.10 Å². The number of halogens is 1. The van der Waals surface area contributed by atoms with Gasteiger partial charge >= 0.3 is 0 Å². The van der Waals surface area contributed by atoms with E-state index in [-0.39, 0.29) is 5.91 Å². The van der Waals surface area contributed by atoms with Gasteiger partial charge in [-0.05, 0) is 69.7 Å². The zero-order valence-electron chi connectivity index (χ0n) is 16.2. The van der Waals surface area contributed by atoms with E-state index >= 15 is 0 Å². The molecule has 27 heavy (non-hydrogen) atoms. The molecular weight excluding hydrogens is 362 g/mol. The first kappa shape index (κ1) is 20.8. The molecule has 0 fully saturated rings. The van der Waals surface area contributed by atoms with E-state index in [2.05, 4.69) is 29.3 Å². The molecule has 0 aliphatic rings. The minimum absolute atomic E-state index is 0.339. The third kappa shape index (κ3) is 6.00. The lowest BCUT2D eigenvalue weighted by molar-refractivity contribution is -0.134. The molecule has 0 spiro atoms. The number of nitrogens with one attached hydrogen (secondary N) is 1. The van der Waals surface area contributed by atoms with E-state index in [0.29, 0.717) is 10.8 Å². The van der Waals surface area contributed by atoms with E-state index in [1.165, 1.54) is 5.69 Å². The molecular formula is C21H26ClN3O2. The number of rotatable bonds is 8. The number of nitrogens with zero attached hydrogens (tertiary/aromatic N) is 2. The molecule has 2 aromatic rings. The lowest BCUT2D eigenvalue weighted by atomic mass is 10.1. The topological polar surface area (TPSA) is 53.9 Å². The normalized spacial score (nSPS) is 11.4. The van der Waals surface area contributed by atoms with Crippen LogP contribution in [-0.2, 0) is 4.79 Å². The Morgan fingerprint density at radius 1 is 1.11 bits per heavy atom. The number of carbonyl (C=O) groups excluding carboxylic acids is 1. The van der Waals surface area contributed by atoms with Crippen molar-refractivity contribution in [3.05, 3.63) is 59.1 Å². The van der Waals surface area contributed by atoms with Gasteiger partial charge in [0.05, 0.1) is 6.21 Å². The summed E-state index contributed by atoms with van der Waals surface area (Å²) < 4.78 is 5.74. The largest absolute Gasteiger partial charge is 0.478 e. The van der Waals surface area contributed by atoms with Crippen LogP contribution in [-0.4, -0.2) is 30.8 Å². The zero-order chi connectivity index (χ0) is 19.9. The lowest BCUT2D eigenvalue weighted by Crippen LogP contribution is -2.44. The molecule has 0 atom stereocenters. The van der Waals surface area contributed by atoms with Crippen molar-refractivity contribution >= 4 is 29.4 Å². The summed E-state index contributed by atoms with van der Waals surface area (Å²) in [4.78, 5) is 14.6. The van der Waals surface area contributed by atoms with E-state index in [1.54, 1.807) is 44.3 Å². The van der Waals surface area contributed by atoms with Gasteiger partial charge in [-0.3, -0.25) is 4.79 Å². The van der Waals surface area contributed by atoms with E-state index < -0.39 is 5.60 Å². The number of hydrazone groups is 1. The molecule has 0 aliphatic carbocycles. The molecule has 0 heterocycles. The van der Waals surface area contributed by atoms with E-state index in [0.717, 1.165) is 18.7 Å². The molecule has 1 amide bonds. The molecule has 0 aromatic heterocycles. The van der Waals surface area contributed by atoms with Crippen molar-refractivity contribution in [1.82, 2.24) is 5.43 Å². The molecule has 144 valence electrons. The molecule has 1 N–H and O–H groups in total. The van der Waals surface area contributed by atoms with Gasteiger partial charge in [0.15, 0.2) is 5.60 Å². The average molecular weight is 388 g/mol. The van der Waals surface area contributed by atoms with Crippen LogP contribution in [0, 0.1) is 0 Å². The summed E-state index contributed by atoms with van der Waals surface area (Å²) in [6, 6.07) is 14.9. The molecule has 2 rings (SSSR count). The van der Waals surface area contributed by atoms with Crippen molar-refractivity contribution in [3.63, 3.8) is 0 Å². The number of ether oxygens (including phenoxy) is 1. The van der Waals surface area contributed by atoms with Gasteiger partial charge in [-0.25, -0.2) is 5.43 Å². The highest BCUT2D eigenvalue weighted by Crippen LogP contribution is 2.21. The van der Waals surface area contributed by atoms with Gasteiger partial charge in [-0.2, -0.15) is 5.10 Å². The minimum Gasteiger partial charge on any atom is -0.478 e. The molecule has 0 bridgehead atoms. The van der Waals surface area contributed by atoms with Gasteiger partial charge in [0.1, 0.15) is 5.75 Å². The summed E-state index contributed by atoms with van der Waals surface area (Å²) in [6.45, 7) is 9.55. The molecule has 0 saturated carbocycles. The maximum Gasteiger partial charge on any atom is 0.283 e. The molecule has 2 aromatic carbocycles. The Balaban J connectivity index is 1.94. The number of benzene rings is 2. The summed E-state index contributed by atoms with van der Waals surface area (Å²) in [6.07, 6.45) is 1.61. The van der Waals surface area contributed by atoms with Crippen LogP contribution in [0.2, 0.25) is 5.02 Å². The standard InChI is InChI=1S/C21H26ClN3O2/c1-5-25(6-2)18-11-7-16(8-12-18)15-23-24-20(26)21(3,4)27-19-13-9-17(22)10-14-19/h7-15H,5-6H2,1-4H3,(H,24,26). The SMILES string of the molecule is CCN(CC)c1ccc(C=NNC(=O)C(C)(C)Oc2ccc(Cl)cc2)cc1. The Morgan fingerprint density at radius 2 is 1.70 bits per heavy atom. The van der Waals surface area contributed by atoms with Crippen molar-refractivity contribution in [3.8, 4) is 5.75 Å². The van der Waals surface area contributed by atoms with Gasteiger partial charge < -0.3 is 9.64 Å². The van der Waals surface area contributed by atoms with Crippen LogP contribution >= 0.6 is 11.6 Å². The van der Waals surface area contributed by atoms with Gasteiger partial charge in [0, 0.05) is 23.8 Å². The average Bonchev–Trinajstić information content (AvgIpc) is 2.65. The van der Waals surface area contributed by atoms with Crippen LogP contribution in [0.15, 0.2) is 53.6 Å². The Labute approximate surface area is 166 Å². The lowest BCUT2D eigenvalue weighted by Gasteiger charge is -2.24. The highest BCUT2D eigenvalue weighted by Gasteiger charge is 2.29. The molecule has 0 aliphatic heterocycles. The van der Waals surface area contributed by atoms with E-state index in [9.17, 15) is 4.79 Å². The first-order valence-electron chi connectivity index (χ1n) is 8.98. The maximum atomic E-state index is 12.4. The third-order valence-electron chi connectivity index (χ3n) is 4.13. The van der Waals surface area contributed by atoms with Crippen LogP contribution in [0.3, 0.4) is 0 Å². The predicted molar refractivity (Wildman–Crippen MR) is 112 cm³/mol. The Morgan fingerprint density at radius 3 is 2.26 bits per heavy atom. The second-order valence-electron chi connectivity index (χ2n) is 6.53. The first-order chi connectivity index (χ1) is 12.9. The highest BCUT2D eigenvalue weighted by molar-refractivity contribution is 6.30. The Hall–Kier alpha value is -2.53. The van der Waals surface area contributed by atoms with Crippen molar-refractivity contribution in [2.75, 3.05) is 18.0 Å². The predicted octanol–water partition coefficient (Wildman–Crippen LogP) is 4.49. The van der Waals surface area contributed by atoms with E-state index in [1.807, 2.05) is 24.3 Å². The molecule has 0 radical (unpaired) electrons. The fraction of sp³-hybridized carbons (Fsp3) is 0.333. The quantitative estimate of drug-likeness (QED) is 0.536. The molecule has 0 unspecified atom stereocenters. The summed E-state index contributed by atoms with van der Waals surface area (Å²) in [7, 11) is 0. The number of hydrogen-bond donors (Lipinski definition) is 1. The number of anilines is 1. The number of hydrogen-bond acceptors (Lipinski definition) is 4. The number of carbonyl (C=O) groups is 1. The fourth-order valence-electron chi connectivity index (χ4n) is 2.50. The summed E-state index contributed by atoms with van der Waals surface area (Å²) in [5.74, 6) is 0.226. The van der Waals surface area contributed by atoms with Crippen molar-refractivity contribution < 1.29 is 9.53 Å². The highest BCUT2D eigenvalue weighted by atomic mass is 35.5. The summed E-state index contributed by atoms with van der Waals surface area (Å²) in [5, 5.41) is 4.65. The minimum atomic E-state index is -1.07. The van der Waals surface area contributed by atoms with E-state index in [4.69, 9.17) is 16.3 Å². The van der Waals surface area contributed by atoms with Gasteiger partial charge in [0.25, 0.3) is 5.91 Å². The van der Waals surface area contributed by atoms with Crippen LogP contribution in [0.4, 0.5) is 5.69 Å². The molecule has 5 nitrogen and oxygen atoms in total. The second kappa shape index (κ2) is 9.42. The summed E-state index contributed by atoms with van der Waals surface area (Å²) in [5.41, 5.74) is 3.53. The first-order valence-corrected chi connectivity index (χ1v) is 9.36. The second-order valence-corrected chi connectivity index (χ2v) is 6.97. The fourth-order valence-corrected chi connectivity index (χ4v) is 2.63. The smallest absolute Gasteiger partial charge is 0.283 e. The molecule has 0 saturated heterocycles. The van der Waals surface area contributed by atoms with Crippen LogP contribution in [0.1, 0.15) is 33.3 Å². The zero-order valence-corrected chi connectivity index (χ0v) is 17.0. The third-order valence-corrected chi connectivity index (χ3v) is 4.39. The van der Waals surface area contributed by atoms with Gasteiger partial charge in [0.2, 0.25) is 0 Å². The Bertz CT molecular complexity index is 767. The van der Waals surface area contributed by atoms with Crippen LogP contribution in [0.5, 0.6) is 5.75 Å². The number of amides is 1. The Kier molecular flexibility index (Phi) is 7.25. The van der Waals surface area contributed by atoms with Gasteiger partial charge in [-0.1, -0.05) is 23.7 Å².